The van der Waals surface area contributed by atoms with E-state index in [1.54, 1.807) is 12.1 Å². The summed E-state index contributed by atoms with van der Waals surface area (Å²) in [6, 6.07) is 7.33. The molecule has 1 amide bonds. The highest BCUT2D eigenvalue weighted by Gasteiger charge is 2.13. The van der Waals surface area contributed by atoms with Gasteiger partial charge in [0.05, 0.1) is 15.9 Å². The number of aryl methyl sites for hydroxylation is 1. The lowest BCUT2D eigenvalue weighted by Crippen LogP contribution is -2.37. The number of benzene rings is 1. The van der Waals surface area contributed by atoms with Crippen LogP contribution in [0.25, 0.3) is 11.0 Å². The highest BCUT2D eigenvalue weighted by Crippen LogP contribution is 2.15. The predicted molar refractivity (Wildman–Crippen MR) is 106 cm³/mol. The molecule has 2 N–H and O–H groups in total. The molecule has 0 fully saturated rings. The number of nitrogens with one attached hydrogen (secondary N) is 2. The third-order valence-corrected chi connectivity index (χ3v) is 4.37. The number of fused-ring (bicyclic) bond motifs is 1. The average Bonchev–Trinajstić information content (AvgIpc) is 2.73. The van der Waals surface area contributed by atoms with E-state index in [0.717, 1.165) is 4.57 Å². The SMILES string of the molecule is Cn1c(=O)c2cc(C(=O)NCCNc3ccc([N+](=O)[O-])cc3)cnc2n(C)c1=O. The molecule has 3 aromatic rings. The second kappa shape index (κ2) is 7.92. The minimum Gasteiger partial charge on any atom is -0.383 e. The summed E-state index contributed by atoms with van der Waals surface area (Å²) in [5, 5.41) is 16.5. The van der Waals surface area contributed by atoms with Crippen molar-refractivity contribution in [1.82, 2.24) is 19.4 Å². The molecular weight excluding hydrogens is 380 g/mol. The van der Waals surface area contributed by atoms with Gasteiger partial charge in [0, 0.05) is 51.2 Å². The van der Waals surface area contributed by atoms with Crippen LogP contribution in [0.5, 0.6) is 0 Å². The van der Waals surface area contributed by atoms with Gasteiger partial charge >= 0.3 is 5.69 Å². The molecule has 3 rings (SSSR count). The second-order valence-electron chi connectivity index (χ2n) is 6.29. The molecule has 2 aromatic heterocycles. The number of nitro groups is 1. The molecule has 11 heteroatoms. The molecule has 0 radical (unpaired) electrons. The molecule has 11 nitrogen and oxygen atoms in total. The van der Waals surface area contributed by atoms with Crippen molar-refractivity contribution in [2.24, 2.45) is 14.1 Å². The molecule has 0 bridgehead atoms. The number of anilines is 1. The molecule has 0 aliphatic heterocycles. The van der Waals surface area contributed by atoms with E-state index in [4.69, 9.17) is 0 Å². The van der Waals surface area contributed by atoms with E-state index in [2.05, 4.69) is 15.6 Å². The summed E-state index contributed by atoms with van der Waals surface area (Å²) in [6.07, 6.45) is 1.31. The first-order valence-corrected chi connectivity index (χ1v) is 8.62. The van der Waals surface area contributed by atoms with E-state index in [1.807, 2.05) is 0 Å². The maximum atomic E-state index is 12.3. The standard InChI is InChI=1S/C18H18N6O5/c1-22-15-14(17(26)23(2)18(22)27)9-11(10-21-15)16(25)20-8-7-19-12-3-5-13(6-4-12)24(28)29/h3-6,9-10,19H,7-8H2,1-2H3,(H,20,25). The van der Waals surface area contributed by atoms with E-state index in [1.165, 1.54) is 43.1 Å². The highest BCUT2D eigenvalue weighted by molar-refractivity contribution is 5.96. The molecule has 29 heavy (non-hydrogen) atoms. The Morgan fingerprint density at radius 1 is 1.14 bits per heavy atom. The number of hydrogen-bond acceptors (Lipinski definition) is 7. The third kappa shape index (κ3) is 3.98. The number of nitro benzene ring substituents is 1. The first-order chi connectivity index (χ1) is 13.8. The largest absolute Gasteiger partial charge is 0.383 e. The van der Waals surface area contributed by atoms with E-state index >= 15 is 0 Å². The molecule has 150 valence electrons. The van der Waals surface area contributed by atoms with Gasteiger partial charge in [-0.3, -0.25) is 28.8 Å². The van der Waals surface area contributed by atoms with Crippen molar-refractivity contribution in [1.29, 1.82) is 0 Å². The molecule has 0 atom stereocenters. The van der Waals surface area contributed by atoms with Crippen LogP contribution in [0.2, 0.25) is 0 Å². The summed E-state index contributed by atoms with van der Waals surface area (Å²) in [7, 11) is 2.86. The summed E-state index contributed by atoms with van der Waals surface area (Å²) in [4.78, 5) is 50.8. The van der Waals surface area contributed by atoms with Crippen LogP contribution in [0.4, 0.5) is 11.4 Å². The van der Waals surface area contributed by atoms with Crippen molar-refractivity contribution in [2.75, 3.05) is 18.4 Å². The lowest BCUT2D eigenvalue weighted by Gasteiger charge is -2.09. The monoisotopic (exact) mass is 398 g/mol. The lowest BCUT2D eigenvalue weighted by molar-refractivity contribution is -0.384. The molecular formula is C18H18N6O5. The minimum atomic E-state index is -0.523. The van der Waals surface area contributed by atoms with Gasteiger partial charge < -0.3 is 10.6 Å². The quantitative estimate of drug-likeness (QED) is 0.347. The Bertz CT molecular complexity index is 1210. The van der Waals surface area contributed by atoms with Crippen LogP contribution >= 0.6 is 0 Å². The molecule has 0 aliphatic rings. The summed E-state index contributed by atoms with van der Waals surface area (Å²) >= 11 is 0. The van der Waals surface area contributed by atoms with Crippen LogP contribution in [-0.4, -0.2) is 38.0 Å². The molecule has 2 heterocycles. The third-order valence-electron chi connectivity index (χ3n) is 4.37. The van der Waals surface area contributed by atoms with Crippen molar-refractivity contribution in [3.05, 3.63) is 73.0 Å². The van der Waals surface area contributed by atoms with Gasteiger partial charge in [0.15, 0.2) is 0 Å². The predicted octanol–water partition coefficient (Wildman–Crippen LogP) is 0.382. The van der Waals surface area contributed by atoms with E-state index in [0.29, 0.717) is 12.2 Å². The van der Waals surface area contributed by atoms with E-state index in [9.17, 15) is 24.5 Å². The van der Waals surface area contributed by atoms with Gasteiger partial charge in [-0.1, -0.05) is 0 Å². The van der Waals surface area contributed by atoms with E-state index in [-0.39, 0.29) is 28.8 Å². The maximum absolute atomic E-state index is 12.3. The fourth-order valence-electron chi connectivity index (χ4n) is 2.78. The normalized spacial score (nSPS) is 10.7. The molecule has 0 saturated carbocycles. The van der Waals surface area contributed by atoms with Gasteiger partial charge in [-0.15, -0.1) is 0 Å². The summed E-state index contributed by atoms with van der Waals surface area (Å²) in [5.41, 5.74) is 0.0608. The second-order valence-corrected chi connectivity index (χ2v) is 6.29. The Kier molecular flexibility index (Phi) is 5.39. The number of nitrogens with zero attached hydrogens (tertiary/aromatic N) is 4. The van der Waals surface area contributed by atoms with Gasteiger partial charge in [0.2, 0.25) is 0 Å². The zero-order valence-electron chi connectivity index (χ0n) is 15.7. The van der Waals surface area contributed by atoms with Crippen LogP contribution in [0.3, 0.4) is 0 Å². The summed E-state index contributed by atoms with van der Waals surface area (Å²) in [5.74, 6) is -0.416. The Labute approximate surface area is 163 Å². The lowest BCUT2D eigenvalue weighted by atomic mass is 10.2. The number of hydrogen-bond donors (Lipinski definition) is 2. The van der Waals surface area contributed by atoms with Gasteiger partial charge in [0.1, 0.15) is 5.65 Å². The van der Waals surface area contributed by atoms with Gasteiger partial charge in [-0.05, 0) is 18.2 Å². The molecule has 0 saturated heterocycles. The first-order valence-electron chi connectivity index (χ1n) is 8.62. The maximum Gasteiger partial charge on any atom is 0.332 e. The minimum absolute atomic E-state index is 0.00343. The molecule has 0 aliphatic carbocycles. The fraction of sp³-hybridized carbons (Fsp3) is 0.222. The zero-order valence-corrected chi connectivity index (χ0v) is 15.7. The average molecular weight is 398 g/mol. The topological polar surface area (TPSA) is 141 Å². The number of carbonyl (C=O) groups excluding carboxylic acids is 1. The smallest absolute Gasteiger partial charge is 0.332 e. The van der Waals surface area contributed by atoms with Crippen molar-refractivity contribution < 1.29 is 9.72 Å². The Morgan fingerprint density at radius 3 is 2.48 bits per heavy atom. The van der Waals surface area contributed by atoms with Gasteiger partial charge in [0.25, 0.3) is 17.2 Å². The Balaban J connectivity index is 1.65. The number of aromatic nitrogens is 3. The van der Waals surface area contributed by atoms with Gasteiger partial charge in [-0.2, -0.15) is 0 Å². The van der Waals surface area contributed by atoms with E-state index < -0.39 is 22.1 Å². The van der Waals surface area contributed by atoms with Crippen molar-refractivity contribution in [2.45, 2.75) is 0 Å². The number of rotatable bonds is 6. The Morgan fingerprint density at radius 2 is 1.83 bits per heavy atom. The summed E-state index contributed by atoms with van der Waals surface area (Å²) < 4.78 is 2.20. The number of amides is 1. The van der Waals surface area contributed by atoms with Crippen LogP contribution < -0.4 is 21.9 Å². The molecule has 0 unspecified atom stereocenters. The van der Waals surface area contributed by atoms with Crippen LogP contribution in [0.1, 0.15) is 10.4 Å². The first kappa shape index (κ1) is 19.7. The molecule has 1 aromatic carbocycles. The Hall–Kier alpha value is -4.02. The molecule has 0 spiro atoms. The van der Waals surface area contributed by atoms with Gasteiger partial charge in [-0.25, -0.2) is 9.78 Å². The van der Waals surface area contributed by atoms with Crippen molar-refractivity contribution in [3.63, 3.8) is 0 Å². The van der Waals surface area contributed by atoms with Crippen LogP contribution in [0, 0.1) is 10.1 Å². The van der Waals surface area contributed by atoms with Crippen molar-refractivity contribution >= 4 is 28.3 Å². The highest BCUT2D eigenvalue weighted by atomic mass is 16.6. The van der Waals surface area contributed by atoms with Crippen LogP contribution in [-0.2, 0) is 14.1 Å². The number of pyridine rings is 1. The van der Waals surface area contributed by atoms with Crippen molar-refractivity contribution in [3.8, 4) is 0 Å². The zero-order chi connectivity index (χ0) is 21.1. The summed E-state index contributed by atoms with van der Waals surface area (Å²) in [6.45, 7) is 0.667. The number of non-ortho nitro benzene ring substituents is 1. The fourth-order valence-corrected chi connectivity index (χ4v) is 2.78. The number of carbonyl (C=O) groups is 1. The van der Waals surface area contributed by atoms with Crippen LogP contribution in [0.15, 0.2) is 46.1 Å².